The fourth-order valence-electron chi connectivity index (χ4n) is 0.729. The molecule has 0 saturated heterocycles. The molecule has 0 N–H and O–H groups in total. The van der Waals surface area contributed by atoms with Gasteiger partial charge in [0.2, 0.25) is 0 Å². The zero-order valence-corrected chi connectivity index (χ0v) is 7.70. The molecule has 58 valence electrons. The Morgan fingerprint density at radius 3 is 2.33 bits per heavy atom. The summed E-state index contributed by atoms with van der Waals surface area (Å²) in [4.78, 5) is 0. The third kappa shape index (κ3) is 8.52. The van der Waals surface area contributed by atoms with Gasteiger partial charge in [-0.1, -0.05) is 0 Å². The van der Waals surface area contributed by atoms with E-state index in [-0.39, 0.29) is 0 Å². The molecule has 0 aliphatic carbocycles. The van der Waals surface area contributed by atoms with Gasteiger partial charge < -0.3 is 0 Å². The second kappa shape index (κ2) is 8.52. The molecule has 0 rings (SSSR count). The van der Waals surface area contributed by atoms with Gasteiger partial charge in [0.25, 0.3) is 0 Å². The van der Waals surface area contributed by atoms with Crippen molar-refractivity contribution in [2.75, 3.05) is 0 Å². The van der Waals surface area contributed by atoms with Crippen LogP contribution in [0.5, 0.6) is 0 Å². The van der Waals surface area contributed by atoms with E-state index < -0.39 is 0 Å². The number of rotatable bonds is 6. The van der Waals surface area contributed by atoms with E-state index in [9.17, 15) is 0 Å². The predicted octanol–water partition coefficient (Wildman–Crippen LogP) is 3.51. The first-order valence-electron chi connectivity index (χ1n) is 3.91. The zero-order valence-electron chi connectivity index (χ0n) is 6.60. The topological polar surface area (TPSA) is 0 Å². The monoisotopic (exact) mass is 170 g/mol. The molecule has 0 aromatic rings. The van der Waals surface area contributed by atoms with Crippen molar-refractivity contribution in [2.24, 2.45) is 0 Å². The SMILES string of the molecule is CCCCC[CH2][Fe][CH2]C. The normalized spacial score (nSPS) is 10.4. The summed E-state index contributed by atoms with van der Waals surface area (Å²) in [5.74, 6) is 0. The van der Waals surface area contributed by atoms with Gasteiger partial charge in [0.15, 0.2) is 0 Å². The van der Waals surface area contributed by atoms with Crippen LogP contribution in [0.4, 0.5) is 0 Å². The quantitative estimate of drug-likeness (QED) is 0.422. The van der Waals surface area contributed by atoms with Crippen LogP contribution < -0.4 is 0 Å². The van der Waals surface area contributed by atoms with Crippen LogP contribution in [-0.4, -0.2) is 0 Å². The molecule has 0 bridgehead atoms. The first kappa shape index (κ1) is 9.52. The average Bonchev–Trinajstić information content (AvgIpc) is 1.89. The average molecular weight is 170 g/mol. The fourth-order valence-corrected chi connectivity index (χ4v) is 1.67. The second-order valence-corrected chi connectivity index (χ2v) is 4.05. The molecule has 0 radical (unpaired) electrons. The summed E-state index contributed by atoms with van der Waals surface area (Å²) in [5, 5.41) is 2.82. The minimum absolute atomic E-state index is 1.37. The zero-order chi connectivity index (χ0) is 6.95. The van der Waals surface area contributed by atoms with Crippen LogP contribution in [0.15, 0.2) is 0 Å². The molecule has 0 saturated carbocycles. The Morgan fingerprint density at radius 1 is 1.00 bits per heavy atom. The maximum absolute atomic E-state index is 2.26. The van der Waals surface area contributed by atoms with Crippen molar-refractivity contribution in [3.63, 3.8) is 0 Å². The van der Waals surface area contributed by atoms with Crippen molar-refractivity contribution < 1.29 is 15.0 Å². The molecule has 1 heteroatoms. The Hall–Kier alpha value is 0.519. The molecule has 9 heavy (non-hydrogen) atoms. The summed E-state index contributed by atoms with van der Waals surface area (Å²) >= 11 is 1.43. The molecule has 0 spiro atoms. The van der Waals surface area contributed by atoms with Crippen LogP contribution in [-0.2, 0) is 15.0 Å². The van der Waals surface area contributed by atoms with Crippen LogP contribution in [0, 0.1) is 0 Å². The minimum atomic E-state index is 1.37. The Labute approximate surface area is 65.6 Å². The fraction of sp³-hybridized carbons (Fsp3) is 1.00. The van der Waals surface area contributed by atoms with Gasteiger partial charge in [-0.2, -0.15) is 0 Å². The van der Waals surface area contributed by atoms with E-state index >= 15 is 0 Å². The molecule has 0 amide bonds. The number of hydrogen-bond donors (Lipinski definition) is 0. The van der Waals surface area contributed by atoms with Gasteiger partial charge in [-0.25, -0.2) is 0 Å². The second-order valence-electron chi connectivity index (χ2n) is 2.16. The Balaban J connectivity index is 2.60. The summed E-state index contributed by atoms with van der Waals surface area (Å²) in [6.07, 6.45) is 5.72. The Morgan fingerprint density at radius 2 is 1.78 bits per heavy atom. The van der Waals surface area contributed by atoms with Gasteiger partial charge in [0.1, 0.15) is 0 Å². The van der Waals surface area contributed by atoms with Crippen LogP contribution in [0.2, 0.25) is 10.6 Å². The third-order valence-corrected chi connectivity index (χ3v) is 2.61. The standard InChI is InChI=1S/C6H13.C2H5.Fe/c1-3-5-6-4-2;1-2;/h1,3-6H2,2H3;1H2,2H3;. The molecular weight excluding hydrogens is 152 g/mol. The molecule has 0 nitrogen and oxygen atoms in total. The molecule has 0 fully saturated rings. The summed E-state index contributed by atoms with van der Waals surface area (Å²) in [5.41, 5.74) is 0. The van der Waals surface area contributed by atoms with E-state index in [1.807, 2.05) is 0 Å². The Kier molecular flexibility index (Phi) is 9.01. The van der Waals surface area contributed by atoms with Crippen LogP contribution in [0.25, 0.3) is 0 Å². The van der Waals surface area contributed by atoms with Crippen molar-refractivity contribution >= 4 is 0 Å². The molecule has 0 atom stereocenters. The van der Waals surface area contributed by atoms with Gasteiger partial charge in [0, 0.05) is 0 Å². The van der Waals surface area contributed by atoms with E-state index in [0.29, 0.717) is 0 Å². The van der Waals surface area contributed by atoms with Gasteiger partial charge in [0.05, 0.1) is 0 Å². The molecule has 0 heterocycles. The molecule has 0 aromatic heterocycles. The van der Waals surface area contributed by atoms with Crippen molar-refractivity contribution in [3.8, 4) is 0 Å². The molecule has 0 aromatic carbocycles. The van der Waals surface area contributed by atoms with Crippen molar-refractivity contribution in [3.05, 3.63) is 0 Å². The summed E-state index contributed by atoms with van der Waals surface area (Å²) in [6, 6.07) is 0. The molecule has 0 unspecified atom stereocenters. The first-order valence-corrected chi connectivity index (χ1v) is 5.48. The van der Waals surface area contributed by atoms with Crippen LogP contribution in [0.3, 0.4) is 0 Å². The van der Waals surface area contributed by atoms with Crippen LogP contribution in [0.1, 0.15) is 39.5 Å². The van der Waals surface area contributed by atoms with Crippen molar-refractivity contribution in [1.82, 2.24) is 0 Å². The number of hydrogen-bond acceptors (Lipinski definition) is 0. The molecule has 0 aliphatic heterocycles. The third-order valence-electron chi connectivity index (χ3n) is 1.28. The van der Waals surface area contributed by atoms with E-state index in [2.05, 4.69) is 13.8 Å². The van der Waals surface area contributed by atoms with Gasteiger partial charge >= 0.3 is 65.1 Å². The molecular formula is C8H18Fe. The van der Waals surface area contributed by atoms with Crippen molar-refractivity contribution in [1.29, 1.82) is 0 Å². The number of unbranched alkanes of at least 4 members (excludes halogenated alkanes) is 3. The van der Waals surface area contributed by atoms with E-state index in [4.69, 9.17) is 0 Å². The van der Waals surface area contributed by atoms with Crippen LogP contribution >= 0.6 is 0 Å². The molecule has 0 aliphatic rings. The van der Waals surface area contributed by atoms with Gasteiger partial charge in [-0.15, -0.1) is 0 Å². The summed E-state index contributed by atoms with van der Waals surface area (Å²) in [6.45, 7) is 4.53. The van der Waals surface area contributed by atoms with E-state index in [1.54, 1.807) is 0 Å². The summed E-state index contributed by atoms with van der Waals surface area (Å²) < 4.78 is 0. The predicted molar refractivity (Wildman–Crippen MR) is 39.4 cm³/mol. The van der Waals surface area contributed by atoms with Crippen molar-refractivity contribution in [2.45, 2.75) is 50.2 Å². The summed E-state index contributed by atoms with van der Waals surface area (Å²) in [7, 11) is 0. The first-order chi connectivity index (χ1) is 4.41. The van der Waals surface area contributed by atoms with E-state index in [1.165, 1.54) is 51.3 Å². The van der Waals surface area contributed by atoms with E-state index in [0.717, 1.165) is 0 Å². The van der Waals surface area contributed by atoms with Gasteiger partial charge in [-0.3, -0.25) is 0 Å². The Bertz CT molecular complexity index is 37.8. The maximum atomic E-state index is 2.26. The van der Waals surface area contributed by atoms with Gasteiger partial charge in [-0.05, 0) is 0 Å².